The second-order valence-electron chi connectivity index (χ2n) is 4.48. The number of hydrogen-bond donors (Lipinski definition) is 1. The lowest BCUT2D eigenvalue weighted by atomic mass is 10.1. The Morgan fingerprint density at radius 3 is 2.59 bits per heavy atom. The van der Waals surface area contributed by atoms with Crippen LogP contribution in [-0.4, -0.2) is 18.2 Å². The van der Waals surface area contributed by atoms with Crippen LogP contribution >= 0.6 is 15.9 Å². The minimum Gasteiger partial charge on any atom is -0.392 e. The molecule has 0 heterocycles. The Hall–Kier alpha value is -0.540. The van der Waals surface area contributed by atoms with Crippen molar-refractivity contribution in [2.75, 3.05) is 18.0 Å². The number of anilines is 1. The molecular weight excluding hydrogens is 278 g/mol. The highest BCUT2D eigenvalue weighted by atomic mass is 79.9. The van der Waals surface area contributed by atoms with Crippen molar-refractivity contribution in [2.45, 2.75) is 33.8 Å². The van der Waals surface area contributed by atoms with E-state index >= 15 is 0 Å². The van der Waals surface area contributed by atoms with Gasteiger partial charge in [0, 0.05) is 28.8 Å². The summed E-state index contributed by atoms with van der Waals surface area (Å²) in [6.07, 6.45) is 1.18. The van der Waals surface area contributed by atoms with E-state index < -0.39 is 0 Å². The summed E-state index contributed by atoms with van der Waals surface area (Å²) in [5.74, 6) is 0.667. The van der Waals surface area contributed by atoms with Crippen molar-refractivity contribution in [3.63, 3.8) is 0 Å². The van der Waals surface area contributed by atoms with Gasteiger partial charge in [0.1, 0.15) is 0 Å². The highest BCUT2D eigenvalue weighted by molar-refractivity contribution is 9.10. The molecule has 1 aromatic carbocycles. The molecule has 0 radical (unpaired) electrons. The summed E-state index contributed by atoms with van der Waals surface area (Å²) in [6, 6.07) is 6.06. The van der Waals surface area contributed by atoms with Gasteiger partial charge >= 0.3 is 0 Å². The average molecular weight is 300 g/mol. The summed E-state index contributed by atoms with van der Waals surface area (Å²) in [5.41, 5.74) is 2.14. The van der Waals surface area contributed by atoms with Crippen molar-refractivity contribution in [1.82, 2.24) is 0 Å². The average Bonchev–Trinajstić information content (AvgIpc) is 2.35. The first kappa shape index (κ1) is 14.5. The van der Waals surface area contributed by atoms with Gasteiger partial charge in [-0.2, -0.15) is 0 Å². The molecule has 1 N–H and O–H groups in total. The SMILES string of the molecule is CCC(C)CN(CC)c1cc(Br)ccc1CO. The molecule has 17 heavy (non-hydrogen) atoms. The maximum atomic E-state index is 9.40. The lowest BCUT2D eigenvalue weighted by molar-refractivity contribution is 0.282. The van der Waals surface area contributed by atoms with Gasteiger partial charge in [0.15, 0.2) is 0 Å². The predicted octanol–water partition coefficient (Wildman–Crippen LogP) is 3.81. The number of hydrogen-bond acceptors (Lipinski definition) is 2. The van der Waals surface area contributed by atoms with Crippen molar-refractivity contribution < 1.29 is 5.11 Å². The summed E-state index contributed by atoms with van der Waals surface area (Å²) < 4.78 is 1.06. The lowest BCUT2D eigenvalue weighted by Crippen LogP contribution is -2.29. The van der Waals surface area contributed by atoms with Crippen molar-refractivity contribution >= 4 is 21.6 Å². The quantitative estimate of drug-likeness (QED) is 0.863. The third-order valence-corrected chi connectivity index (χ3v) is 3.66. The number of aliphatic hydroxyl groups is 1. The van der Waals surface area contributed by atoms with Gasteiger partial charge in [0.05, 0.1) is 6.61 Å². The van der Waals surface area contributed by atoms with E-state index in [0.29, 0.717) is 5.92 Å². The number of benzene rings is 1. The van der Waals surface area contributed by atoms with Crippen molar-refractivity contribution in [2.24, 2.45) is 5.92 Å². The maximum absolute atomic E-state index is 9.40. The standard InChI is InChI=1S/C14H22BrNO/c1-4-11(3)9-16(5-2)14-8-13(15)7-6-12(14)10-17/h6-8,11,17H,4-5,9-10H2,1-3H3. The maximum Gasteiger partial charge on any atom is 0.0702 e. The minimum atomic E-state index is 0.0968. The van der Waals surface area contributed by atoms with Crippen LogP contribution in [0.15, 0.2) is 22.7 Å². The van der Waals surface area contributed by atoms with E-state index in [1.807, 2.05) is 12.1 Å². The van der Waals surface area contributed by atoms with Gasteiger partial charge in [-0.15, -0.1) is 0 Å². The fraction of sp³-hybridized carbons (Fsp3) is 0.571. The normalized spacial score (nSPS) is 12.5. The van der Waals surface area contributed by atoms with Gasteiger partial charge in [-0.25, -0.2) is 0 Å². The molecule has 0 aliphatic heterocycles. The Labute approximate surface area is 113 Å². The van der Waals surface area contributed by atoms with E-state index in [1.54, 1.807) is 0 Å². The fourth-order valence-electron chi connectivity index (χ4n) is 1.87. The van der Waals surface area contributed by atoms with E-state index in [4.69, 9.17) is 0 Å². The van der Waals surface area contributed by atoms with Crippen LogP contribution in [0.25, 0.3) is 0 Å². The molecule has 0 aliphatic rings. The summed E-state index contributed by atoms with van der Waals surface area (Å²) in [4.78, 5) is 2.34. The Kier molecular flexibility index (Phi) is 6.00. The van der Waals surface area contributed by atoms with Crippen LogP contribution in [0.4, 0.5) is 5.69 Å². The summed E-state index contributed by atoms with van der Waals surface area (Å²) >= 11 is 3.50. The number of halogens is 1. The molecule has 0 spiro atoms. The second kappa shape index (κ2) is 7.02. The molecule has 2 nitrogen and oxygen atoms in total. The summed E-state index contributed by atoms with van der Waals surface area (Å²) in [6.45, 7) is 8.74. The third kappa shape index (κ3) is 4.00. The van der Waals surface area contributed by atoms with Gasteiger partial charge in [-0.1, -0.05) is 42.3 Å². The fourth-order valence-corrected chi connectivity index (χ4v) is 2.22. The zero-order valence-electron chi connectivity index (χ0n) is 10.9. The van der Waals surface area contributed by atoms with E-state index in [-0.39, 0.29) is 6.61 Å². The predicted molar refractivity (Wildman–Crippen MR) is 77.4 cm³/mol. The van der Waals surface area contributed by atoms with Crippen LogP contribution in [0.2, 0.25) is 0 Å². The number of aliphatic hydroxyl groups excluding tert-OH is 1. The first-order valence-electron chi connectivity index (χ1n) is 6.26. The first-order chi connectivity index (χ1) is 8.12. The van der Waals surface area contributed by atoms with Crippen LogP contribution in [-0.2, 0) is 6.61 Å². The van der Waals surface area contributed by atoms with Gasteiger partial charge < -0.3 is 10.0 Å². The molecule has 1 atom stereocenters. The molecule has 0 saturated carbocycles. The molecule has 0 fully saturated rings. The molecule has 1 rings (SSSR count). The zero-order chi connectivity index (χ0) is 12.8. The Morgan fingerprint density at radius 2 is 2.06 bits per heavy atom. The molecular formula is C14H22BrNO. The van der Waals surface area contributed by atoms with Gasteiger partial charge in [-0.05, 0) is 25.0 Å². The van der Waals surface area contributed by atoms with E-state index in [9.17, 15) is 5.11 Å². The summed E-state index contributed by atoms with van der Waals surface area (Å²) in [5, 5.41) is 9.40. The van der Waals surface area contributed by atoms with Crippen LogP contribution in [0.3, 0.4) is 0 Å². The van der Waals surface area contributed by atoms with Crippen molar-refractivity contribution in [1.29, 1.82) is 0 Å². The van der Waals surface area contributed by atoms with Gasteiger partial charge in [0.25, 0.3) is 0 Å². The third-order valence-electron chi connectivity index (χ3n) is 3.17. The number of rotatable bonds is 6. The zero-order valence-corrected chi connectivity index (χ0v) is 12.5. The van der Waals surface area contributed by atoms with E-state index in [2.05, 4.69) is 47.7 Å². The lowest BCUT2D eigenvalue weighted by Gasteiger charge is -2.28. The van der Waals surface area contributed by atoms with E-state index in [0.717, 1.165) is 28.8 Å². The monoisotopic (exact) mass is 299 g/mol. The molecule has 3 heteroatoms. The second-order valence-corrected chi connectivity index (χ2v) is 5.40. The minimum absolute atomic E-state index is 0.0968. The molecule has 0 aromatic heterocycles. The number of nitrogens with zero attached hydrogens (tertiary/aromatic N) is 1. The van der Waals surface area contributed by atoms with Crippen LogP contribution in [0.1, 0.15) is 32.8 Å². The van der Waals surface area contributed by atoms with Crippen LogP contribution < -0.4 is 4.90 Å². The summed E-state index contributed by atoms with van der Waals surface area (Å²) in [7, 11) is 0. The smallest absolute Gasteiger partial charge is 0.0702 e. The van der Waals surface area contributed by atoms with Gasteiger partial charge in [-0.3, -0.25) is 0 Å². The molecule has 0 aliphatic carbocycles. The Balaban J connectivity index is 2.97. The molecule has 96 valence electrons. The highest BCUT2D eigenvalue weighted by Gasteiger charge is 2.12. The molecule has 0 amide bonds. The molecule has 1 aromatic rings. The van der Waals surface area contributed by atoms with E-state index in [1.165, 1.54) is 6.42 Å². The molecule has 0 bridgehead atoms. The topological polar surface area (TPSA) is 23.5 Å². The van der Waals surface area contributed by atoms with Gasteiger partial charge in [0.2, 0.25) is 0 Å². The molecule has 0 saturated heterocycles. The Morgan fingerprint density at radius 1 is 1.35 bits per heavy atom. The largest absolute Gasteiger partial charge is 0.392 e. The Bertz CT molecular complexity index is 354. The molecule has 1 unspecified atom stereocenters. The van der Waals surface area contributed by atoms with Crippen molar-refractivity contribution in [3.05, 3.63) is 28.2 Å². The van der Waals surface area contributed by atoms with Crippen LogP contribution in [0.5, 0.6) is 0 Å². The van der Waals surface area contributed by atoms with Crippen LogP contribution in [0, 0.1) is 5.92 Å². The first-order valence-corrected chi connectivity index (χ1v) is 7.05. The van der Waals surface area contributed by atoms with Crippen molar-refractivity contribution in [3.8, 4) is 0 Å². The highest BCUT2D eigenvalue weighted by Crippen LogP contribution is 2.26.